The molecule has 0 aliphatic carbocycles. The van der Waals surface area contributed by atoms with Crippen LogP contribution >= 0.6 is 0 Å². The molecule has 1 amide bonds. The Morgan fingerprint density at radius 2 is 0.762 bits per heavy atom. The van der Waals surface area contributed by atoms with Crippen molar-refractivity contribution < 1.29 is 15.0 Å². The smallest absolute Gasteiger partial charge is 0.220 e. The van der Waals surface area contributed by atoms with E-state index in [0.717, 1.165) is 25.7 Å². The van der Waals surface area contributed by atoms with Crippen LogP contribution in [0.2, 0.25) is 0 Å². The predicted molar refractivity (Wildman–Crippen MR) is 184 cm³/mol. The van der Waals surface area contributed by atoms with Gasteiger partial charge in [0.1, 0.15) is 0 Å². The molecule has 2 atom stereocenters. The van der Waals surface area contributed by atoms with Crippen molar-refractivity contribution in [2.24, 2.45) is 0 Å². The summed E-state index contributed by atoms with van der Waals surface area (Å²) in [4.78, 5) is 12.3. The maximum Gasteiger partial charge on any atom is 0.220 e. The van der Waals surface area contributed by atoms with Gasteiger partial charge in [-0.25, -0.2) is 0 Å². The molecule has 0 aliphatic rings. The van der Waals surface area contributed by atoms with Gasteiger partial charge in [0.05, 0.1) is 18.8 Å². The number of carbonyl (C=O) groups is 1. The van der Waals surface area contributed by atoms with Crippen LogP contribution in [0.3, 0.4) is 0 Å². The van der Waals surface area contributed by atoms with Crippen LogP contribution in [-0.2, 0) is 4.79 Å². The maximum absolute atomic E-state index is 12.3. The number of hydrogen-bond acceptors (Lipinski definition) is 3. The minimum absolute atomic E-state index is 0.0291. The third-order valence-corrected chi connectivity index (χ3v) is 9.12. The standard InChI is InChI=1S/C38H77NO3/c1-3-5-7-9-11-13-15-16-17-18-19-20-21-22-23-24-26-28-30-32-34-38(42)39-36(35-40)37(41)33-31-29-27-25-14-12-10-8-6-4-2/h36-37,40-41H,3-35H2,1-2H3,(H,39,42)/t36-,37+/m0/s1. The van der Waals surface area contributed by atoms with Gasteiger partial charge in [-0.3, -0.25) is 4.79 Å². The molecular formula is C38H77NO3. The normalized spacial score (nSPS) is 13.0. The van der Waals surface area contributed by atoms with Crippen molar-refractivity contribution in [3.05, 3.63) is 0 Å². The van der Waals surface area contributed by atoms with Gasteiger partial charge in [-0.15, -0.1) is 0 Å². The lowest BCUT2D eigenvalue weighted by Gasteiger charge is -2.22. The van der Waals surface area contributed by atoms with E-state index in [1.807, 2.05) is 0 Å². The topological polar surface area (TPSA) is 69.6 Å². The molecule has 0 saturated carbocycles. The lowest BCUT2D eigenvalue weighted by atomic mass is 10.0. The van der Waals surface area contributed by atoms with Crippen molar-refractivity contribution in [3.63, 3.8) is 0 Å². The minimum atomic E-state index is -0.650. The molecule has 3 N–H and O–H groups in total. The SMILES string of the molecule is CCCCCCCCCCCCCCCCCCCCCCC(=O)N[C@@H](CO)[C@H](O)CCCCCCCCCCCC. The molecule has 0 aliphatic heterocycles. The number of aliphatic hydroxyl groups is 2. The van der Waals surface area contributed by atoms with Gasteiger partial charge in [-0.1, -0.05) is 200 Å². The fraction of sp³-hybridized carbons (Fsp3) is 0.974. The summed E-state index contributed by atoms with van der Waals surface area (Å²) >= 11 is 0. The molecular weight excluding hydrogens is 518 g/mol. The van der Waals surface area contributed by atoms with Crippen LogP contribution in [0, 0.1) is 0 Å². The zero-order valence-electron chi connectivity index (χ0n) is 28.8. The third-order valence-electron chi connectivity index (χ3n) is 9.12. The quantitative estimate of drug-likeness (QED) is 0.0638. The highest BCUT2D eigenvalue weighted by Crippen LogP contribution is 2.16. The highest BCUT2D eigenvalue weighted by Gasteiger charge is 2.19. The first-order valence-corrected chi connectivity index (χ1v) is 19.2. The molecule has 4 heteroatoms. The van der Waals surface area contributed by atoms with Gasteiger partial charge >= 0.3 is 0 Å². The molecule has 0 rings (SSSR count). The number of nitrogens with one attached hydrogen (secondary N) is 1. The number of unbranched alkanes of at least 4 members (excludes halogenated alkanes) is 28. The molecule has 4 nitrogen and oxygen atoms in total. The van der Waals surface area contributed by atoms with Gasteiger partial charge in [0.25, 0.3) is 0 Å². The monoisotopic (exact) mass is 596 g/mol. The van der Waals surface area contributed by atoms with Gasteiger partial charge in [0, 0.05) is 6.42 Å². The lowest BCUT2D eigenvalue weighted by molar-refractivity contribution is -0.123. The first-order valence-electron chi connectivity index (χ1n) is 19.2. The molecule has 0 bridgehead atoms. The fourth-order valence-electron chi connectivity index (χ4n) is 6.13. The summed E-state index contributed by atoms with van der Waals surface area (Å²) < 4.78 is 0. The third kappa shape index (κ3) is 30.8. The van der Waals surface area contributed by atoms with Crippen LogP contribution in [-0.4, -0.2) is 34.9 Å². The van der Waals surface area contributed by atoms with E-state index in [1.165, 1.54) is 167 Å². The van der Waals surface area contributed by atoms with E-state index in [1.54, 1.807) is 0 Å². The molecule has 0 aromatic carbocycles. The zero-order chi connectivity index (χ0) is 30.8. The van der Waals surface area contributed by atoms with Gasteiger partial charge in [-0.05, 0) is 12.8 Å². The van der Waals surface area contributed by atoms with Crippen molar-refractivity contribution in [1.82, 2.24) is 5.32 Å². The Balaban J connectivity index is 3.46. The molecule has 0 saturated heterocycles. The van der Waals surface area contributed by atoms with Crippen molar-refractivity contribution in [2.45, 2.75) is 231 Å². The first-order chi connectivity index (χ1) is 20.7. The van der Waals surface area contributed by atoms with Gasteiger partial charge in [0.15, 0.2) is 0 Å². The van der Waals surface area contributed by atoms with Gasteiger partial charge in [0.2, 0.25) is 5.91 Å². The predicted octanol–water partition coefficient (Wildman–Crippen LogP) is 11.3. The lowest BCUT2D eigenvalue weighted by Crippen LogP contribution is -2.45. The van der Waals surface area contributed by atoms with Crippen LogP contribution in [0.5, 0.6) is 0 Å². The summed E-state index contributed by atoms with van der Waals surface area (Å²) in [6.07, 6.45) is 40.2. The van der Waals surface area contributed by atoms with Crippen LogP contribution in [0.25, 0.3) is 0 Å². The van der Waals surface area contributed by atoms with Gasteiger partial charge in [-0.2, -0.15) is 0 Å². The van der Waals surface area contributed by atoms with E-state index in [9.17, 15) is 15.0 Å². The number of rotatable bonds is 35. The van der Waals surface area contributed by atoms with E-state index in [-0.39, 0.29) is 12.5 Å². The minimum Gasteiger partial charge on any atom is -0.394 e. The number of carbonyl (C=O) groups excluding carboxylic acids is 1. The summed E-state index contributed by atoms with van der Waals surface area (Å²) in [7, 11) is 0. The number of aliphatic hydroxyl groups excluding tert-OH is 2. The van der Waals surface area contributed by atoms with Crippen molar-refractivity contribution in [2.75, 3.05) is 6.61 Å². The molecule has 0 heterocycles. The van der Waals surface area contributed by atoms with E-state index in [4.69, 9.17) is 0 Å². The van der Waals surface area contributed by atoms with Crippen molar-refractivity contribution in [1.29, 1.82) is 0 Å². The Hall–Kier alpha value is -0.610. The molecule has 0 radical (unpaired) electrons. The van der Waals surface area contributed by atoms with Gasteiger partial charge < -0.3 is 15.5 Å². The van der Waals surface area contributed by atoms with Crippen LogP contribution in [0.15, 0.2) is 0 Å². The second-order valence-corrected chi connectivity index (χ2v) is 13.4. The molecule has 0 unspecified atom stereocenters. The average Bonchev–Trinajstić information content (AvgIpc) is 2.99. The number of amides is 1. The van der Waals surface area contributed by atoms with Crippen LogP contribution < -0.4 is 5.32 Å². The van der Waals surface area contributed by atoms with E-state index < -0.39 is 12.1 Å². The largest absolute Gasteiger partial charge is 0.394 e. The summed E-state index contributed by atoms with van der Waals surface area (Å²) in [5.41, 5.74) is 0. The Morgan fingerprint density at radius 3 is 1.07 bits per heavy atom. The van der Waals surface area contributed by atoms with E-state index >= 15 is 0 Å². The molecule has 42 heavy (non-hydrogen) atoms. The van der Waals surface area contributed by atoms with E-state index in [2.05, 4.69) is 19.2 Å². The zero-order valence-corrected chi connectivity index (χ0v) is 28.8. The maximum atomic E-state index is 12.3. The molecule has 0 aromatic heterocycles. The second kappa shape index (κ2) is 34.9. The van der Waals surface area contributed by atoms with E-state index in [0.29, 0.717) is 12.8 Å². The molecule has 252 valence electrons. The summed E-state index contributed by atoms with van der Waals surface area (Å²) in [6, 6.07) is -0.527. The number of hydrogen-bond donors (Lipinski definition) is 3. The molecule has 0 spiro atoms. The molecule has 0 fully saturated rings. The fourth-order valence-corrected chi connectivity index (χ4v) is 6.13. The Bertz CT molecular complexity index is 526. The highest BCUT2D eigenvalue weighted by atomic mass is 16.3. The summed E-state index contributed by atoms with van der Waals surface area (Å²) in [5.74, 6) is -0.0291. The Kier molecular flexibility index (Phi) is 34.4. The Morgan fingerprint density at radius 1 is 0.476 bits per heavy atom. The molecule has 0 aromatic rings. The first kappa shape index (κ1) is 41.4. The van der Waals surface area contributed by atoms with Crippen LogP contribution in [0.4, 0.5) is 0 Å². The Labute approximate surface area is 264 Å². The van der Waals surface area contributed by atoms with Crippen molar-refractivity contribution >= 4 is 5.91 Å². The summed E-state index contributed by atoms with van der Waals surface area (Å²) in [5, 5.41) is 23.0. The van der Waals surface area contributed by atoms with Crippen LogP contribution in [0.1, 0.15) is 219 Å². The van der Waals surface area contributed by atoms with Crippen molar-refractivity contribution in [3.8, 4) is 0 Å². The highest BCUT2D eigenvalue weighted by molar-refractivity contribution is 5.76. The second-order valence-electron chi connectivity index (χ2n) is 13.4. The summed E-state index contributed by atoms with van der Waals surface area (Å²) in [6.45, 7) is 4.35. The average molecular weight is 596 g/mol.